The van der Waals surface area contributed by atoms with E-state index in [1.54, 1.807) is 12.1 Å². The lowest BCUT2D eigenvalue weighted by molar-refractivity contribution is -0.140. The van der Waals surface area contributed by atoms with Gasteiger partial charge in [-0.2, -0.15) is 0 Å². The lowest BCUT2D eigenvalue weighted by Crippen LogP contribution is -2.37. The van der Waals surface area contributed by atoms with Crippen molar-refractivity contribution in [2.45, 2.75) is 39.2 Å². The van der Waals surface area contributed by atoms with E-state index >= 15 is 0 Å². The number of benzene rings is 1. The Labute approximate surface area is 164 Å². The molecule has 2 aliphatic rings. The fourth-order valence-corrected chi connectivity index (χ4v) is 3.98. The molecule has 1 saturated heterocycles. The average molecular weight is 389 g/mol. The summed E-state index contributed by atoms with van der Waals surface area (Å²) in [5.41, 5.74) is 0.980. The second-order valence-corrected chi connectivity index (χ2v) is 8.01. The highest BCUT2D eigenvalue weighted by molar-refractivity contribution is 6.30. The number of likely N-dealkylation sites (tertiary alicyclic amines) is 1. The van der Waals surface area contributed by atoms with Gasteiger partial charge in [0.2, 0.25) is 17.7 Å². The first-order valence-electron chi connectivity index (χ1n) is 9.43. The number of amides is 3. The van der Waals surface area contributed by atoms with Crippen molar-refractivity contribution < 1.29 is 14.4 Å². The Morgan fingerprint density at radius 3 is 2.19 bits per heavy atom. The van der Waals surface area contributed by atoms with Crippen LogP contribution in [0.2, 0.25) is 5.02 Å². The van der Waals surface area contributed by atoms with Crippen molar-refractivity contribution >= 4 is 29.3 Å². The van der Waals surface area contributed by atoms with Crippen LogP contribution in [0.25, 0.3) is 0 Å². The lowest BCUT2D eigenvalue weighted by Gasteiger charge is -2.23. The molecular formula is C21H25ClN2O3. The van der Waals surface area contributed by atoms with Crippen LogP contribution >= 0.6 is 11.6 Å². The number of imide groups is 1. The third-order valence-electron chi connectivity index (χ3n) is 5.37. The van der Waals surface area contributed by atoms with Crippen LogP contribution in [0.15, 0.2) is 36.4 Å². The first-order valence-corrected chi connectivity index (χ1v) is 9.81. The second kappa shape index (κ2) is 8.26. The largest absolute Gasteiger partial charge is 0.349 e. The summed E-state index contributed by atoms with van der Waals surface area (Å²) < 4.78 is 0. The number of carbonyl (C=O) groups is 3. The molecule has 3 atom stereocenters. The van der Waals surface area contributed by atoms with E-state index in [-0.39, 0.29) is 54.5 Å². The molecule has 1 N–H and O–H groups in total. The van der Waals surface area contributed by atoms with Crippen LogP contribution in [-0.2, 0) is 14.4 Å². The minimum Gasteiger partial charge on any atom is -0.349 e. The van der Waals surface area contributed by atoms with Gasteiger partial charge in [-0.3, -0.25) is 19.3 Å². The van der Waals surface area contributed by atoms with E-state index in [0.29, 0.717) is 17.9 Å². The summed E-state index contributed by atoms with van der Waals surface area (Å²) in [6, 6.07) is 7.26. The predicted octanol–water partition coefficient (Wildman–Crippen LogP) is 3.49. The SMILES string of the molecule is CC(C)[C@H](NC(=O)CCN1C(=O)[C@@H]2CC=CC[C@H]2C1=O)c1ccc(Cl)cc1. The van der Waals surface area contributed by atoms with Crippen molar-refractivity contribution in [1.29, 1.82) is 0 Å². The molecule has 1 aliphatic heterocycles. The van der Waals surface area contributed by atoms with Crippen molar-refractivity contribution in [2.24, 2.45) is 17.8 Å². The molecule has 0 aromatic heterocycles. The Morgan fingerprint density at radius 1 is 1.11 bits per heavy atom. The maximum Gasteiger partial charge on any atom is 0.233 e. The topological polar surface area (TPSA) is 66.5 Å². The van der Waals surface area contributed by atoms with Gasteiger partial charge in [0.25, 0.3) is 0 Å². The highest BCUT2D eigenvalue weighted by Gasteiger charge is 2.46. The van der Waals surface area contributed by atoms with Crippen LogP contribution in [0.3, 0.4) is 0 Å². The number of hydrogen-bond donors (Lipinski definition) is 1. The quantitative estimate of drug-likeness (QED) is 0.599. The summed E-state index contributed by atoms with van der Waals surface area (Å²) >= 11 is 5.94. The van der Waals surface area contributed by atoms with E-state index in [9.17, 15) is 14.4 Å². The zero-order valence-corrected chi connectivity index (χ0v) is 16.4. The molecule has 1 aromatic rings. The van der Waals surface area contributed by atoms with Gasteiger partial charge in [-0.1, -0.05) is 49.7 Å². The molecular weight excluding hydrogens is 364 g/mol. The van der Waals surface area contributed by atoms with Crippen LogP contribution in [0.4, 0.5) is 0 Å². The summed E-state index contributed by atoms with van der Waals surface area (Å²) in [6.07, 6.45) is 5.26. The zero-order valence-electron chi connectivity index (χ0n) is 15.7. The Kier molecular flexibility index (Phi) is 6.00. The number of hydrogen-bond acceptors (Lipinski definition) is 3. The van der Waals surface area contributed by atoms with Crippen LogP contribution in [0.5, 0.6) is 0 Å². The molecule has 144 valence electrons. The van der Waals surface area contributed by atoms with Gasteiger partial charge in [0.1, 0.15) is 0 Å². The molecule has 6 heteroatoms. The molecule has 1 heterocycles. The van der Waals surface area contributed by atoms with Gasteiger partial charge in [-0.05, 0) is 36.5 Å². The first-order chi connectivity index (χ1) is 12.9. The van der Waals surface area contributed by atoms with Crippen LogP contribution in [-0.4, -0.2) is 29.2 Å². The van der Waals surface area contributed by atoms with E-state index in [1.165, 1.54) is 4.90 Å². The highest BCUT2D eigenvalue weighted by Crippen LogP contribution is 2.35. The summed E-state index contributed by atoms with van der Waals surface area (Å²) in [5, 5.41) is 3.67. The van der Waals surface area contributed by atoms with Crippen molar-refractivity contribution in [3.05, 3.63) is 47.0 Å². The molecule has 0 bridgehead atoms. The highest BCUT2D eigenvalue weighted by atomic mass is 35.5. The molecule has 0 unspecified atom stereocenters. The fraction of sp³-hybridized carbons (Fsp3) is 0.476. The average Bonchev–Trinajstić information content (AvgIpc) is 2.90. The van der Waals surface area contributed by atoms with Crippen molar-refractivity contribution in [1.82, 2.24) is 10.2 Å². The maximum atomic E-state index is 12.5. The van der Waals surface area contributed by atoms with Crippen molar-refractivity contribution in [3.8, 4) is 0 Å². The van der Waals surface area contributed by atoms with E-state index in [1.807, 2.05) is 38.1 Å². The van der Waals surface area contributed by atoms with E-state index in [2.05, 4.69) is 5.32 Å². The summed E-state index contributed by atoms with van der Waals surface area (Å²) in [5.74, 6) is -0.747. The first kappa shape index (κ1) is 19.6. The lowest BCUT2D eigenvalue weighted by atomic mass is 9.85. The van der Waals surface area contributed by atoms with Crippen LogP contribution in [0.1, 0.15) is 44.7 Å². The van der Waals surface area contributed by atoms with Crippen molar-refractivity contribution in [3.63, 3.8) is 0 Å². The van der Waals surface area contributed by atoms with Crippen molar-refractivity contribution in [2.75, 3.05) is 6.54 Å². The number of nitrogens with one attached hydrogen (secondary N) is 1. The number of fused-ring (bicyclic) bond motifs is 1. The predicted molar refractivity (Wildman–Crippen MR) is 104 cm³/mol. The van der Waals surface area contributed by atoms with Gasteiger partial charge in [0, 0.05) is 18.0 Å². The normalized spacial score (nSPS) is 22.9. The number of carbonyl (C=O) groups excluding carboxylic acids is 3. The molecule has 0 saturated carbocycles. The summed E-state index contributed by atoms with van der Waals surface area (Å²) in [6.45, 7) is 4.21. The zero-order chi connectivity index (χ0) is 19.6. The molecule has 1 fully saturated rings. The molecule has 0 spiro atoms. The van der Waals surface area contributed by atoms with Gasteiger partial charge >= 0.3 is 0 Å². The van der Waals surface area contributed by atoms with Crippen LogP contribution in [0, 0.1) is 17.8 Å². The van der Waals surface area contributed by atoms with Gasteiger partial charge in [0.05, 0.1) is 17.9 Å². The van der Waals surface area contributed by atoms with Gasteiger partial charge in [-0.25, -0.2) is 0 Å². The smallest absolute Gasteiger partial charge is 0.233 e. The van der Waals surface area contributed by atoms with E-state index < -0.39 is 0 Å². The molecule has 3 amide bonds. The van der Waals surface area contributed by atoms with Gasteiger partial charge < -0.3 is 5.32 Å². The van der Waals surface area contributed by atoms with Crippen LogP contribution < -0.4 is 5.32 Å². The Balaban J connectivity index is 1.59. The Bertz CT molecular complexity index is 731. The maximum absolute atomic E-state index is 12.5. The van der Waals surface area contributed by atoms with Gasteiger partial charge in [0.15, 0.2) is 0 Å². The standard InChI is InChI=1S/C21H25ClN2O3/c1-13(2)19(14-7-9-15(22)10-8-14)23-18(25)11-12-24-20(26)16-5-3-4-6-17(16)21(24)27/h3-4,7-10,13,16-17,19H,5-6,11-12H2,1-2H3,(H,23,25)/t16-,17-,19+/m1/s1. The molecule has 5 nitrogen and oxygen atoms in total. The summed E-state index contributed by atoms with van der Waals surface area (Å²) in [7, 11) is 0. The third-order valence-corrected chi connectivity index (χ3v) is 5.63. The second-order valence-electron chi connectivity index (χ2n) is 7.57. The Hall–Kier alpha value is -2.14. The molecule has 1 aliphatic carbocycles. The number of nitrogens with zero attached hydrogens (tertiary/aromatic N) is 1. The molecule has 1 aromatic carbocycles. The third kappa shape index (κ3) is 4.24. The van der Waals surface area contributed by atoms with E-state index in [0.717, 1.165) is 5.56 Å². The van der Waals surface area contributed by atoms with Gasteiger partial charge in [-0.15, -0.1) is 0 Å². The molecule has 0 radical (unpaired) electrons. The Morgan fingerprint density at radius 2 is 1.67 bits per heavy atom. The number of halogens is 1. The van der Waals surface area contributed by atoms with E-state index in [4.69, 9.17) is 11.6 Å². The fourth-order valence-electron chi connectivity index (χ4n) is 3.85. The number of allylic oxidation sites excluding steroid dienone is 2. The summed E-state index contributed by atoms with van der Waals surface area (Å²) in [4.78, 5) is 38.7. The molecule has 3 rings (SSSR count). The minimum absolute atomic E-state index is 0.112. The monoisotopic (exact) mass is 388 g/mol. The molecule has 27 heavy (non-hydrogen) atoms. The minimum atomic E-state index is -0.247. The number of rotatable bonds is 6.